The maximum Gasteiger partial charge on any atom is 0.254 e. The second kappa shape index (κ2) is 12.4. The van der Waals surface area contributed by atoms with Crippen molar-refractivity contribution in [3.8, 4) is 23.0 Å². The summed E-state index contributed by atoms with van der Waals surface area (Å²) in [5.74, 6) is 2.04. The third kappa shape index (κ3) is 6.41. The van der Waals surface area contributed by atoms with Crippen LogP contribution in [0.5, 0.6) is 23.0 Å². The van der Waals surface area contributed by atoms with Crippen LogP contribution in [0.2, 0.25) is 0 Å². The number of aliphatic hydroxyl groups excluding tert-OH is 1. The van der Waals surface area contributed by atoms with E-state index in [1.54, 1.807) is 12.1 Å². The molecule has 32 heavy (non-hydrogen) atoms. The van der Waals surface area contributed by atoms with Crippen molar-refractivity contribution in [1.29, 1.82) is 0 Å². The Morgan fingerprint density at radius 1 is 1.03 bits per heavy atom. The molecule has 8 nitrogen and oxygen atoms in total. The van der Waals surface area contributed by atoms with Gasteiger partial charge < -0.3 is 46.3 Å². The van der Waals surface area contributed by atoms with Crippen LogP contribution in [-0.2, 0) is 0 Å². The lowest BCUT2D eigenvalue weighted by molar-refractivity contribution is -0.907. The van der Waals surface area contributed by atoms with E-state index in [0.717, 1.165) is 18.8 Å². The predicted octanol–water partition coefficient (Wildman–Crippen LogP) is -2.50. The number of aliphatic hydroxyl groups is 1. The fraction of sp³-hybridized carbons (Fsp3) is 0.435. The van der Waals surface area contributed by atoms with Gasteiger partial charge >= 0.3 is 0 Å². The molecular formula is C23H31ClN2O6. The number of methoxy groups -OCH3 is 3. The van der Waals surface area contributed by atoms with Gasteiger partial charge in [0.25, 0.3) is 5.91 Å². The third-order valence-corrected chi connectivity index (χ3v) is 5.38. The summed E-state index contributed by atoms with van der Waals surface area (Å²) in [7, 11) is 4.59. The number of rotatable bonds is 9. The van der Waals surface area contributed by atoms with Crippen LogP contribution in [0.4, 0.5) is 0 Å². The zero-order valence-electron chi connectivity index (χ0n) is 18.7. The van der Waals surface area contributed by atoms with Gasteiger partial charge in [0, 0.05) is 5.56 Å². The summed E-state index contributed by atoms with van der Waals surface area (Å²) in [5.41, 5.74) is 0.495. The fourth-order valence-electron chi connectivity index (χ4n) is 3.72. The first-order valence-corrected chi connectivity index (χ1v) is 10.3. The van der Waals surface area contributed by atoms with E-state index in [0.29, 0.717) is 42.4 Å². The van der Waals surface area contributed by atoms with Gasteiger partial charge in [-0.25, -0.2) is 0 Å². The average Bonchev–Trinajstić information content (AvgIpc) is 2.82. The number of hydrogen-bond donors (Lipinski definition) is 2. The Morgan fingerprint density at radius 2 is 1.62 bits per heavy atom. The highest BCUT2D eigenvalue weighted by Crippen LogP contribution is 2.38. The van der Waals surface area contributed by atoms with Crippen LogP contribution in [0.1, 0.15) is 10.4 Å². The topological polar surface area (TPSA) is 81.9 Å². The number of halogens is 1. The second-order valence-electron chi connectivity index (χ2n) is 7.44. The molecule has 2 N–H and O–H groups in total. The maximum atomic E-state index is 13.0. The molecule has 0 radical (unpaired) electrons. The van der Waals surface area contributed by atoms with Crippen LogP contribution >= 0.6 is 0 Å². The van der Waals surface area contributed by atoms with E-state index < -0.39 is 6.10 Å². The van der Waals surface area contributed by atoms with Crippen molar-refractivity contribution in [2.24, 2.45) is 0 Å². The first kappa shape index (κ1) is 25.6. The molecule has 0 spiro atoms. The van der Waals surface area contributed by atoms with Crippen molar-refractivity contribution < 1.29 is 46.2 Å². The zero-order valence-corrected chi connectivity index (χ0v) is 19.4. The summed E-state index contributed by atoms with van der Waals surface area (Å²) < 4.78 is 21.7. The SMILES string of the molecule is COc1cc(C(=O)N2CC[NH+](CC(O)COc3ccccc3)CC2)cc(OC)c1OC.[Cl-]. The van der Waals surface area contributed by atoms with Crippen molar-refractivity contribution >= 4 is 5.91 Å². The molecule has 0 aromatic heterocycles. The third-order valence-electron chi connectivity index (χ3n) is 5.38. The number of nitrogens with zero attached hydrogens (tertiary/aromatic N) is 1. The fourth-order valence-corrected chi connectivity index (χ4v) is 3.72. The zero-order chi connectivity index (χ0) is 22.2. The predicted molar refractivity (Wildman–Crippen MR) is 116 cm³/mol. The molecule has 9 heteroatoms. The van der Waals surface area contributed by atoms with Crippen LogP contribution in [0.3, 0.4) is 0 Å². The standard InChI is InChI=1S/C23H30N2O6.ClH/c1-28-20-13-17(14-21(29-2)22(20)30-3)23(27)25-11-9-24(10-12-25)15-18(26)16-31-19-7-5-4-6-8-19;/h4-8,13-14,18,26H,9-12,15-16H2,1-3H3;1H. The van der Waals surface area contributed by atoms with Gasteiger partial charge in [0.1, 0.15) is 25.0 Å². The normalized spacial score (nSPS) is 14.8. The van der Waals surface area contributed by atoms with Crippen molar-refractivity contribution in [2.75, 3.05) is 60.7 Å². The Hall–Kier alpha value is -2.68. The molecule has 176 valence electrons. The smallest absolute Gasteiger partial charge is 0.254 e. The minimum absolute atomic E-state index is 0. The van der Waals surface area contributed by atoms with Crippen LogP contribution in [0.15, 0.2) is 42.5 Å². The van der Waals surface area contributed by atoms with E-state index in [1.807, 2.05) is 35.2 Å². The van der Waals surface area contributed by atoms with Gasteiger partial charge in [-0.15, -0.1) is 0 Å². The lowest BCUT2D eigenvalue weighted by Gasteiger charge is -2.33. The molecule has 1 heterocycles. The number of amides is 1. The van der Waals surface area contributed by atoms with Crippen molar-refractivity contribution in [2.45, 2.75) is 6.10 Å². The molecular weight excluding hydrogens is 436 g/mol. The molecule has 1 aliphatic rings. The molecule has 0 saturated carbocycles. The Labute approximate surface area is 195 Å². The molecule has 2 aromatic carbocycles. The van der Waals surface area contributed by atoms with E-state index in [-0.39, 0.29) is 24.9 Å². The van der Waals surface area contributed by atoms with Crippen LogP contribution in [-0.4, -0.2) is 82.7 Å². The number of ether oxygens (including phenoxy) is 4. The van der Waals surface area contributed by atoms with Crippen LogP contribution < -0.4 is 36.3 Å². The molecule has 0 bridgehead atoms. The van der Waals surface area contributed by atoms with Gasteiger partial charge in [0.15, 0.2) is 11.5 Å². The molecule has 1 fully saturated rings. The summed E-state index contributed by atoms with van der Waals surface area (Å²) in [4.78, 5) is 16.1. The summed E-state index contributed by atoms with van der Waals surface area (Å²) in [6.45, 7) is 3.58. The highest BCUT2D eigenvalue weighted by Gasteiger charge is 2.27. The largest absolute Gasteiger partial charge is 1.00 e. The average molecular weight is 467 g/mol. The Bertz CT molecular complexity index is 834. The molecule has 3 rings (SSSR count). The Kier molecular flexibility index (Phi) is 9.90. The van der Waals surface area contributed by atoms with E-state index >= 15 is 0 Å². The van der Waals surface area contributed by atoms with Crippen molar-refractivity contribution in [1.82, 2.24) is 4.90 Å². The summed E-state index contributed by atoms with van der Waals surface area (Å²) in [5, 5.41) is 10.3. The van der Waals surface area contributed by atoms with E-state index in [2.05, 4.69) is 0 Å². The summed E-state index contributed by atoms with van der Waals surface area (Å²) in [6, 6.07) is 12.8. The van der Waals surface area contributed by atoms with Gasteiger partial charge in [-0.3, -0.25) is 4.79 Å². The lowest BCUT2D eigenvalue weighted by Crippen LogP contribution is -3.16. The number of nitrogens with one attached hydrogen (secondary N) is 1. The quantitative estimate of drug-likeness (QED) is 0.425. The monoisotopic (exact) mass is 466 g/mol. The molecule has 2 aromatic rings. The molecule has 0 aliphatic carbocycles. The Morgan fingerprint density at radius 3 is 2.16 bits per heavy atom. The van der Waals surface area contributed by atoms with Gasteiger partial charge in [-0.05, 0) is 24.3 Å². The number of carbonyl (C=O) groups is 1. The van der Waals surface area contributed by atoms with Crippen molar-refractivity contribution in [3.05, 3.63) is 48.0 Å². The maximum absolute atomic E-state index is 13.0. The minimum atomic E-state index is -0.562. The molecule has 1 saturated heterocycles. The summed E-state index contributed by atoms with van der Waals surface area (Å²) in [6.07, 6.45) is -0.562. The molecule has 1 aliphatic heterocycles. The first-order valence-electron chi connectivity index (χ1n) is 10.3. The van der Waals surface area contributed by atoms with Crippen LogP contribution in [0, 0.1) is 0 Å². The molecule has 1 atom stereocenters. The van der Waals surface area contributed by atoms with E-state index in [9.17, 15) is 9.90 Å². The number of benzene rings is 2. The number of quaternary nitrogens is 1. The number of hydrogen-bond acceptors (Lipinski definition) is 6. The molecule has 1 unspecified atom stereocenters. The first-order chi connectivity index (χ1) is 15.0. The van der Waals surface area contributed by atoms with Gasteiger partial charge in [0.05, 0.1) is 47.5 Å². The molecule has 1 amide bonds. The lowest BCUT2D eigenvalue weighted by atomic mass is 10.1. The highest BCUT2D eigenvalue weighted by atomic mass is 35.5. The number of para-hydroxylation sites is 1. The summed E-state index contributed by atoms with van der Waals surface area (Å²) >= 11 is 0. The van der Waals surface area contributed by atoms with Crippen molar-refractivity contribution in [3.63, 3.8) is 0 Å². The van der Waals surface area contributed by atoms with Gasteiger partial charge in [0.2, 0.25) is 5.75 Å². The van der Waals surface area contributed by atoms with Gasteiger partial charge in [-0.1, -0.05) is 18.2 Å². The second-order valence-corrected chi connectivity index (χ2v) is 7.44. The van der Waals surface area contributed by atoms with E-state index in [4.69, 9.17) is 18.9 Å². The number of carbonyl (C=O) groups excluding carboxylic acids is 1. The Balaban J connectivity index is 0.00000363. The van der Waals surface area contributed by atoms with Gasteiger partial charge in [-0.2, -0.15) is 0 Å². The minimum Gasteiger partial charge on any atom is -1.00 e. The van der Waals surface area contributed by atoms with E-state index in [1.165, 1.54) is 26.2 Å². The van der Waals surface area contributed by atoms with Crippen LogP contribution in [0.25, 0.3) is 0 Å². The highest BCUT2D eigenvalue weighted by molar-refractivity contribution is 5.95. The number of piperazine rings is 1.